The second kappa shape index (κ2) is 7.47. The summed E-state index contributed by atoms with van der Waals surface area (Å²) < 4.78 is 30.6. The molecule has 25 heavy (non-hydrogen) atoms. The third kappa shape index (κ3) is 3.87. The lowest BCUT2D eigenvalue weighted by molar-refractivity contribution is -0.114. The Hall–Kier alpha value is -2.69. The molecule has 0 N–H and O–H groups in total. The maximum atomic E-state index is 12.9. The van der Waals surface area contributed by atoms with E-state index in [0.29, 0.717) is 12.0 Å². The lowest BCUT2D eigenvalue weighted by atomic mass is 9.78. The van der Waals surface area contributed by atoms with Gasteiger partial charge in [0.15, 0.2) is 5.78 Å². The molecular weight excluding hydrogens is 321 g/mol. The molecule has 0 aliphatic heterocycles. The van der Waals surface area contributed by atoms with Gasteiger partial charge in [0.25, 0.3) is 0 Å². The number of halogens is 2. The number of carbonyl (C=O) groups is 1. The monoisotopic (exact) mass is 338 g/mol. The third-order valence-electron chi connectivity index (χ3n) is 4.29. The zero-order valence-electron chi connectivity index (χ0n) is 13.8. The van der Waals surface area contributed by atoms with Crippen molar-refractivity contribution in [3.05, 3.63) is 89.2 Å². The van der Waals surface area contributed by atoms with Gasteiger partial charge < -0.3 is 4.65 Å². The Balaban J connectivity index is 2.13. The highest BCUT2D eigenvalue weighted by Crippen LogP contribution is 2.41. The summed E-state index contributed by atoms with van der Waals surface area (Å²) in [5.74, 6) is -0.609. The Labute approximate surface area is 146 Å². The summed E-state index contributed by atoms with van der Waals surface area (Å²) in [5, 5.41) is 0. The molecular formula is C20H17BF2O2. The number of benzene rings is 2. The molecule has 0 saturated heterocycles. The maximum Gasteiger partial charge on any atom is 0.796 e. The van der Waals surface area contributed by atoms with Gasteiger partial charge in [-0.05, 0) is 36.1 Å². The molecule has 1 atom stereocenters. The van der Waals surface area contributed by atoms with Crippen LogP contribution in [0.25, 0.3) is 5.57 Å². The minimum Gasteiger partial charge on any atom is -0.505 e. The van der Waals surface area contributed by atoms with E-state index in [1.165, 1.54) is 6.92 Å². The van der Waals surface area contributed by atoms with Gasteiger partial charge in [-0.1, -0.05) is 60.7 Å². The number of carbonyl (C=O) groups excluding carboxylic acids is 1. The molecule has 0 saturated carbocycles. The number of rotatable bonds is 5. The fourth-order valence-corrected chi connectivity index (χ4v) is 3.22. The van der Waals surface area contributed by atoms with Crippen molar-refractivity contribution in [2.24, 2.45) is 0 Å². The van der Waals surface area contributed by atoms with E-state index in [-0.39, 0.29) is 17.5 Å². The molecule has 3 rings (SSSR count). The number of hydrogen-bond acceptors (Lipinski definition) is 2. The van der Waals surface area contributed by atoms with Gasteiger partial charge in [0.1, 0.15) is 5.76 Å². The highest BCUT2D eigenvalue weighted by Gasteiger charge is 2.32. The third-order valence-corrected chi connectivity index (χ3v) is 4.29. The Morgan fingerprint density at radius 1 is 1.04 bits per heavy atom. The van der Waals surface area contributed by atoms with E-state index in [1.807, 2.05) is 60.7 Å². The van der Waals surface area contributed by atoms with Crippen molar-refractivity contribution < 1.29 is 18.1 Å². The van der Waals surface area contributed by atoms with Crippen LogP contribution >= 0.6 is 0 Å². The second-order valence-electron chi connectivity index (χ2n) is 5.92. The van der Waals surface area contributed by atoms with E-state index in [4.69, 9.17) is 4.65 Å². The largest absolute Gasteiger partial charge is 0.796 e. The Morgan fingerprint density at radius 3 is 2.20 bits per heavy atom. The van der Waals surface area contributed by atoms with Crippen LogP contribution in [0.5, 0.6) is 0 Å². The summed E-state index contributed by atoms with van der Waals surface area (Å²) in [4.78, 5) is 12.2. The molecule has 1 aliphatic carbocycles. The highest BCUT2D eigenvalue weighted by molar-refractivity contribution is 6.35. The van der Waals surface area contributed by atoms with Crippen LogP contribution in [0, 0.1) is 0 Å². The highest BCUT2D eigenvalue weighted by atomic mass is 19.2. The van der Waals surface area contributed by atoms with Crippen molar-refractivity contribution in [2.75, 3.05) is 0 Å². The van der Waals surface area contributed by atoms with Crippen LogP contribution in [0.15, 0.2) is 78.1 Å². The second-order valence-corrected chi connectivity index (χ2v) is 5.92. The van der Waals surface area contributed by atoms with Gasteiger partial charge in [-0.2, -0.15) is 0 Å². The zero-order valence-corrected chi connectivity index (χ0v) is 13.8. The van der Waals surface area contributed by atoms with Crippen molar-refractivity contribution in [1.82, 2.24) is 0 Å². The Kier molecular flexibility index (Phi) is 5.12. The van der Waals surface area contributed by atoms with E-state index >= 15 is 0 Å². The van der Waals surface area contributed by atoms with Gasteiger partial charge >= 0.3 is 7.47 Å². The van der Waals surface area contributed by atoms with Crippen LogP contribution < -0.4 is 0 Å². The van der Waals surface area contributed by atoms with Gasteiger partial charge in [0, 0.05) is 11.5 Å². The molecule has 1 aliphatic rings. The number of allylic oxidation sites excluding steroid dienone is 3. The molecule has 0 heterocycles. The summed E-state index contributed by atoms with van der Waals surface area (Å²) in [6.07, 6.45) is 2.12. The lowest BCUT2D eigenvalue weighted by Gasteiger charge is -2.27. The van der Waals surface area contributed by atoms with E-state index in [2.05, 4.69) is 0 Å². The normalized spacial score (nSPS) is 17.1. The summed E-state index contributed by atoms with van der Waals surface area (Å²) >= 11 is 0. The van der Waals surface area contributed by atoms with Gasteiger partial charge in [0.2, 0.25) is 0 Å². The fourth-order valence-electron chi connectivity index (χ4n) is 3.22. The molecule has 2 nitrogen and oxygen atoms in total. The van der Waals surface area contributed by atoms with E-state index in [1.54, 1.807) is 6.08 Å². The Bertz CT molecular complexity index is 814. The van der Waals surface area contributed by atoms with Gasteiger partial charge in [0.05, 0.1) is 0 Å². The van der Waals surface area contributed by atoms with Crippen molar-refractivity contribution in [3.8, 4) is 0 Å². The van der Waals surface area contributed by atoms with Gasteiger partial charge in [-0.3, -0.25) is 4.79 Å². The van der Waals surface area contributed by atoms with Gasteiger partial charge in [-0.25, -0.2) is 8.63 Å². The van der Waals surface area contributed by atoms with Crippen LogP contribution in [0.1, 0.15) is 30.4 Å². The molecule has 0 spiro atoms. The van der Waals surface area contributed by atoms with Gasteiger partial charge in [-0.15, -0.1) is 0 Å². The lowest BCUT2D eigenvalue weighted by Crippen LogP contribution is -2.19. The molecule has 0 amide bonds. The summed E-state index contributed by atoms with van der Waals surface area (Å²) in [7, 11) is -2.98. The average Bonchev–Trinajstić information content (AvgIpc) is 2.62. The van der Waals surface area contributed by atoms with E-state index in [0.717, 1.165) is 16.7 Å². The number of hydrogen-bond donors (Lipinski definition) is 0. The van der Waals surface area contributed by atoms with Crippen molar-refractivity contribution >= 4 is 18.8 Å². The molecule has 5 heteroatoms. The van der Waals surface area contributed by atoms with Crippen molar-refractivity contribution in [3.63, 3.8) is 0 Å². The van der Waals surface area contributed by atoms with E-state index < -0.39 is 7.47 Å². The summed E-state index contributed by atoms with van der Waals surface area (Å²) in [6, 6.07) is 19.0. The predicted octanol–water partition coefficient (Wildman–Crippen LogP) is 5.04. The van der Waals surface area contributed by atoms with Crippen molar-refractivity contribution in [2.45, 2.75) is 19.3 Å². The van der Waals surface area contributed by atoms with Crippen LogP contribution in [0.4, 0.5) is 8.63 Å². The first-order chi connectivity index (χ1) is 12.1. The minimum absolute atomic E-state index is 0.0403. The maximum absolute atomic E-state index is 12.9. The summed E-state index contributed by atoms with van der Waals surface area (Å²) in [5.41, 5.74) is 3.01. The average molecular weight is 338 g/mol. The minimum atomic E-state index is -2.98. The first-order valence-electron chi connectivity index (χ1n) is 8.07. The topological polar surface area (TPSA) is 26.3 Å². The first-order valence-corrected chi connectivity index (χ1v) is 8.07. The first kappa shape index (κ1) is 17.1. The van der Waals surface area contributed by atoms with E-state index in [9.17, 15) is 13.4 Å². The molecule has 0 bridgehead atoms. The number of ketones is 1. The molecule has 126 valence electrons. The standard InChI is InChI=1S/C20H17BF2O2/c1-14(24)20-18(16-10-6-3-7-11-16)12-17(13-19(20)25-21(22)23)15-8-4-2-5-9-15/h2-11,13,18H,12H2,1H3/t18-/m0/s1. The van der Waals surface area contributed by atoms with Crippen molar-refractivity contribution in [1.29, 1.82) is 0 Å². The van der Waals surface area contributed by atoms with Crippen LogP contribution in [-0.2, 0) is 9.45 Å². The molecule has 0 radical (unpaired) electrons. The fraction of sp³-hybridized carbons (Fsp3) is 0.150. The molecule has 0 fully saturated rings. The quantitative estimate of drug-likeness (QED) is 0.714. The molecule has 2 aromatic carbocycles. The molecule has 0 unspecified atom stereocenters. The SMILES string of the molecule is CC(=O)C1=C(OB(F)F)C=C(c2ccccc2)C[C@H]1c1ccccc1. The van der Waals surface area contributed by atoms with Crippen LogP contribution in [-0.4, -0.2) is 13.3 Å². The molecule has 2 aromatic rings. The Morgan fingerprint density at radius 2 is 1.64 bits per heavy atom. The number of Topliss-reactive ketones (excluding diaryl/α,β-unsaturated/α-hetero) is 1. The summed E-state index contributed by atoms with van der Waals surface area (Å²) in [6.45, 7) is 1.39. The predicted molar refractivity (Wildman–Crippen MR) is 95.0 cm³/mol. The van der Waals surface area contributed by atoms with Crippen LogP contribution in [0.2, 0.25) is 0 Å². The van der Waals surface area contributed by atoms with Crippen LogP contribution in [0.3, 0.4) is 0 Å². The molecule has 0 aromatic heterocycles. The zero-order chi connectivity index (χ0) is 17.8. The smallest absolute Gasteiger partial charge is 0.505 e.